The molecule has 0 aromatic heterocycles. The zero-order valence-corrected chi connectivity index (χ0v) is 12.2. The molecule has 3 nitrogen and oxygen atoms in total. The maximum Gasteiger partial charge on any atom is 0.0711 e. The SMILES string of the molecule is O[C@@H]1CCCC[C@H]1NN(c1ccccc1)c1ccccc1. The van der Waals surface area contributed by atoms with Gasteiger partial charge in [-0.25, -0.2) is 5.43 Å². The molecule has 0 saturated heterocycles. The fourth-order valence-electron chi connectivity index (χ4n) is 2.88. The molecule has 0 spiro atoms. The molecule has 2 atom stereocenters. The summed E-state index contributed by atoms with van der Waals surface area (Å²) < 4.78 is 0. The van der Waals surface area contributed by atoms with E-state index < -0.39 is 0 Å². The van der Waals surface area contributed by atoms with E-state index in [9.17, 15) is 5.11 Å². The smallest absolute Gasteiger partial charge is 0.0711 e. The van der Waals surface area contributed by atoms with Crippen LogP contribution >= 0.6 is 0 Å². The number of para-hydroxylation sites is 2. The Morgan fingerprint density at radius 3 is 1.86 bits per heavy atom. The molecule has 0 amide bonds. The van der Waals surface area contributed by atoms with Crippen LogP contribution in [0.4, 0.5) is 11.4 Å². The lowest BCUT2D eigenvalue weighted by atomic mass is 9.93. The number of benzene rings is 2. The third-order valence-corrected chi connectivity index (χ3v) is 4.05. The standard InChI is InChI=1S/C18H22N2O/c21-18-14-8-7-13-17(18)19-20(15-9-3-1-4-10-15)16-11-5-2-6-12-16/h1-6,9-12,17-19,21H,7-8,13-14H2/t17-,18-/m1/s1. The molecule has 21 heavy (non-hydrogen) atoms. The highest BCUT2D eigenvalue weighted by molar-refractivity contribution is 5.61. The van der Waals surface area contributed by atoms with Crippen LogP contribution in [0.2, 0.25) is 0 Å². The second kappa shape index (κ2) is 6.74. The van der Waals surface area contributed by atoms with Gasteiger partial charge < -0.3 is 5.11 Å². The summed E-state index contributed by atoms with van der Waals surface area (Å²) in [6.07, 6.45) is 3.92. The summed E-state index contributed by atoms with van der Waals surface area (Å²) >= 11 is 0. The second-order valence-electron chi connectivity index (χ2n) is 5.59. The van der Waals surface area contributed by atoms with Crippen molar-refractivity contribution in [3.8, 4) is 0 Å². The second-order valence-corrected chi connectivity index (χ2v) is 5.59. The molecule has 2 N–H and O–H groups in total. The first-order valence-corrected chi connectivity index (χ1v) is 7.69. The highest BCUT2D eigenvalue weighted by Gasteiger charge is 2.25. The van der Waals surface area contributed by atoms with Gasteiger partial charge in [0.05, 0.1) is 23.5 Å². The first kappa shape index (κ1) is 14.1. The average Bonchev–Trinajstić information content (AvgIpc) is 2.56. The minimum absolute atomic E-state index is 0.110. The van der Waals surface area contributed by atoms with E-state index in [2.05, 4.69) is 34.7 Å². The zero-order valence-electron chi connectivity index (χ0n) is 12.2. The average molecular weight is 282 g/mol. The first-order valence-electron chi connectivity index (χ1n) is 7.69. The van der Waals surface area contributed by atoms with Crippen LogP contribution in [0.3, 0.4) is 0 Å². The van der Waals surface area contributed by atoms with E-state index >= 15 is 0 Å². The highest BCUT2D eigenvalue weighted by atomic mass is 16.3. The molecule has 0 aliphatic heterocycles. The molecule has 2 aromatic carbocycles. The maximum atomic E-state index is 10.2. The summed E-state index contributed by atoms with van der Waals surface area (Å²) in [5, 5.41) is 12.3. The predicted octanol–water partition coefficient (Wildman–Crippen LogP) is 3.63. The van der Waals surface area contributed by atoms with Gasteiger partial charge >= 0.3 is 0 Å². The fourth-order valence-corrected chi connectivity index (χ4v) is 2.88. The van der Waals surface area contributed by atoms with E-state index in [4.69, 9.17) is 0 Å². The summed E-state index contributed by atoms with van der Waals surface area (Å²) in [6, 6.07) is 20.6. The Kier molecular flexibility index (Phi) is 4.53. The fraction of sp³-hybridized carbons (Fsp3) is 0.333. The van der Waals surface area contributed by atoms with Crippen molar-refractivity contribution in [2.24, 2.45) is 0 Å². The Morgan fingerprint density at radius 1 is 0.810 bits per heavy atom. The van der Waals surface area contributed by atoms with E-state index in [-0.39, 0.29) is 12.1 Å². The molecular formula is C18H22N2O. The van der Waals surface area contributed by atoms with Gasteiger partial charge in [0.15, 0.2) is 0 Å². The summed E-state index contributed by atoms with van der Waals surface area (Å²) in [5.74, 6) is 0. The molecule has 1 saturated carbocycles. The van der Waals surface area contributed by atoms with Crippen molar-refractivity contribution < 1.29 is 5.11 Å². The van der Waals surface area contributed by atoms with Crippen LogP contribution < -0.4 is 10.4 Å². The number of hydrogen-bond acceptors (Lipinski definition) is 3. The quantitative estimate of drug-likeness (QED) is 0.841. The van der Waals surface area contributed by atoms with Crippen LogP contribution in [0, 0.1) is 0 Å². The van der Waals surface area contributed by atoms with Crippen molar-refractivity contribution >= 4 is 11.4 Å². The number of nitrogens with zero attached hydrogens (tertiary/aromatic N) is 1. The molecule has 1 aliphatic carbocycles. The minimum atomic E-state index is -0.270. The molecule has 0 unspecified atom stereocenters. The first-order chi connectivity index (χ1) is 10.3. The van der Waals surface area contributed by atoms with Crippen molar-refractivity contribution in [2.45, 2.75) is 37.8 Å². The topological polar surface area (TPSA) is 35.5 Å². The Labute approximate surface area is 126 Å². The number of rotatable bonds is 4. The Bertz CT molecular complexity index is 504. The van der Waals surface area contributed by atoms with E-state index in [1.165, 1.54) is 6.42 Å². The van der Waals surface area contributed by atoms with E-state index in [1.807, 2.05) is 36.4 Å². The van der Waals surface area contributed by atoms with Crippen LogP contribution in [0.25, 0.3) is 0 Å². The van der Waals surface area contributed by atoms with Gasteiger partial charge in [0, 0.05) is 0 Å². The minimum Gasteiger partial charge on any atom is -0.391 e. The molecule has 110 valence electrons. The lowest BCUT2D eigenvalue weighted by molar-refractivity contribution is 0.0912. The molecule has 0 bridgehead atoms. The monoisotopic (exact) mass is 282 g/mol. The molecule has 1 aliphatic rings. The van der Waals surface area contributed by atoms with Gasteiger partial charge in [-0.15, -0.1) is 0 Å². The summed E-state index contributed by atoms with van der Waals surface area (Å²) in [6.45, 7) is 0. The van der Waals surface area contributed by atoms with Crippen LogP contribution in [0.15, 0.2) is 60.7 Å². The van der Waals surface area contributed by atoms with E-state index in [0.29, 0.717) is 0 Å². The highest BCUT2D eigenvalue weighted by Crippen LogP contribution is 2.26. The Hall–Kier alpha value is -1.84. The number of hydrazine groups is 1. The number of aliphatic hydroxyl groups excluding tert-OH is 1. The van der Waals surface area contributed by atoms with Crippen LogP contribution in [0.5, 0.6) is 0 Å². The molecule has 0 heterocycles. The van der Waals surface area contributed by atoms with Crippen LogP contribution in [-0.2, 0) is 0 Å². The molecule has 3 rings (SSSR count). The normalized spacial score (nSPS) is 22.0. The molecule has 2 aromatic rings. The number of nitrogens with one attached hydrogen (secondary N) is 1. The van der Waals surface area contributed by atoms with Gasteiger partial charge in [-0.2, -0.15) is 0 Å². The lowest BCUT2D eigenvalue weighted by Crippen LogP contribution is -2.49. The van der Waals surface area contributed by atoms with Crippen molar-refractivity contribution in [3.63, 3.8) is 0 Å². The van der Waals surface area contributed by atoms with E-state index in [1.54, 1.807) is 0 Å². The molecule has 3 heteroatoms. The van der Waals surface area contributed by atoms with Crippen LogP contribution in [-0.4, -0.2) is 17.3 Å². The lowest BCUT2D eigenvalue weighted by Gasteiger charge is -2.35. The largest absolute Gasteiger partial charge is 0.391 e. The van der Waals surface area contributed by atoms with E-state index in [0.717, 1.165) is 30.6 Å². The third kappa shape index (κ3) is 3.43. The van der Waals surface area contributed by atoms with Crippen LogP contribution in [0.1, 0.15) is 25.7 Å². The number of aliphatic hydroxyl groups is 1. The van der Waals surface area contributed by atoms with Crippen molar-refractivity contribution in [2.75, 3.05) is 5.01 Å². The Balaban J connectivity index is 1.86. The summed E-state index contributed by atoms with van der Waals surface area (Å²) in [5.41, 5.74) is 5.69. The summed E-state index contributed by atoms with van der Waals surface area (Å²) in [4.78, 5) is 0. The van der Waals surface area contributed by atoms with Gasteiger partial charge in [-0.05, 0) is 37.1 Å². The van der Waals surface area contributed by atoms with Crippen molar-refractivity contribution in [1.82, 2.24) is 5.43 Å². The maximum absolute atomic E-state index is 10.2. The van der Waals surface area contributed by atoms with Crippen molar-refractivity contribution in [1.29, 1.82) is 0 Å². The van der Waals surface area contributed by atoms with Crippen molar-refractivity contribution in [3.05, 3.63) is 60.7 Å². The zero-order chi connectivity index (χ0) is 14.5. The molecule has 0 radical (unpaired) electrons. The predicted molar refractivity (Wildman–Crippen MR) is 86.4 cm³/mol. The van der Waals surface area contributed by atoms with Gasteiger partial charge in [0.2, 0.25) is 0 Å². The van der Waals surface area contributed by atoms with Gasteiger partial charge in [-0.1, -0.05) is 49.2 Å². The van der Waals surface area contributed by atoms with Gasteiger partial charge in [0.1, 0.15) is 0 Å². The van der Waals surface area contributed by atoms with Gasteiger partial charge in [-0.3, -0.25) is 5.01 Å². The third-order valence-electron chi connectivity index (χ3n) is 4.05. The molecular weight excluding hydrogens is 260 g/mol. The number of anilines is 2. The summed E-state index contributed by atoms with van der Waals surface area (Å²) in [7, 11) is 0. The Morgan fingerprint density at radius 2 is 1.33 bits per heavy atom. The van der Waals surface area contributed by atoms with Gasteiger partial charge in [0.25, 0.3) is 0 Å². The molecule has 1 fully saturated rings. The number of hydrogen-bond donors (Lipinski definition) is 2.